The van der Waals surface area contributed by atoms with E-state index in [0.717, 1.165) is 6.26 Å². The van der Waals surface area contributed by atoms with Crippen LogP contribution in [0.5, 0.6) is 0 Å². The van der Waals surface area contributed by atoms with Gasteiger partial charge in [-0.25, -0.2) is 25.9 Å². The largest absolute Gasteiger partial charge is 0.242 e. The molecular formula is C15H16FNO4S2. The molecule has 0 heterocycles. The minimum absolute atomic E-state index is 0.265. The van der Waals surface area contributed by atoms with Gasteiger partial charge >= 0.3 is 0 Å². The van der Waals surface area contributed by atoms with Crippen LogP contribution in [0.3, 0.4) is 0 Å². The molecule has 0 saturated carbocycles. The van der Waals surface area contributed by atoms with Gasteiger partial charge < -0.3 is 0 Å². The second-order valence-corrected chi connectivity index (χ2v) is 8.78. The molecule has 1 N–H and O–H groups in total. The van der Waals surface area contributed by atoms with E-state index in [1.807, 2.05) is 0 Å². The van der Waals surface area contributed by atoms with Crippen molar-refractivity contribution >= 4 is 19.9 Å². The van der Waals surface area contributed by atoms with Crippen molar-refractivity contribution in [2.24, 2.45) is 0 Å². The molecule has 0 fully saturated rings. The molecule has 0 aliphatic carbocycles. The van der Waals surface area contributed by atoms with Gasteiger partial charge in [-0.2, -0.15) is 0 Å². The van der Waals surface area contributed by atoms with E-state index in [-0.39, 0.29) is 9.79 Å². The summed E-state index contributed by atoms with van der Waals surface area (Å²) in [5.74, 6) is -0.425. The molecule has 0 saturated heterocycles. The SMILES string of the molecule is C[C@@H](NS(=O)(=O)c1ccccc1S(C)(=O)=O)c1ccc(F)cc1. The molecule has 0 unspecified atom stereocenters. The number of nitrogens with one attached hydrogen (secondary N) is 1. The van der Waals surface area contributed by atoms with Crippen LogP contribution < -0.4 is 4.72 Å². The number of rotatable bonds is 5. The summed E-state index contributed by atoms with van der Waals surface area (Å²) in [5, 5.41) is 0. The lowest BCUT2D eigenvalue weighted by molar-refractivity contribution is 0.561. The van der Waals surface area contributed by atoms with Gasteiger partial charge in [0.15, 0.2) is 9.84 Å². The molecule has 0 aromatic heterocycles. The van der Waals surface area contributed by atoms with Crippen LogP contribution in [0.1, 0.15) is 18.5 Å². The minimum atomic E-state index is -4.05. The van der Waals surface area contributed by atoms with Crippen molar-refractivity contribution in [3.63, 3.8) is 0 Å². The fourth-order valence-corrected chi connectivity index (χ4v) is 4.96. The van der Waals surface area contributed by atoms with Crippen LogP contribution in [0.4, 0.5) is 4.39 Å². The van der Waals surface area contributed by atoms with E-state index in [9.17, 15) is 21.2 Å². The molecule has 0 spiro atoms. The average Bonchev–Trinajstić information content (AvgIpc) is 2.46. The fourth-order valence-electron chi connectivity index (χ4n) is 2.09. The van der Waals surface area contributed by atoms with Crippen LogP contribution in [0, 0.1) is 5.82 Å². The molecular weight excluding hydrogens is 341 g/mol. The van der Waals surface area contributed by atoms with Crippen LogP contribution in [0.2, 0.25) is 0 Å². The summed E-state index contributed by atoms with van der Waals surface area (Å²) in [7, 11) is -7.75. The van der Waals surface area contributed by atoms with E-state index >= 15 is 0 Å². The second-order valence-electron chi connectivity index (χ2n) is 5.11. The number of hydrogen-bond donors (Lipinski definition) is 1. The average molecular weight is 357 g/mol. The van der Waals surface area contributed by atoms with Crippen molar-refractivity contribution in [2.45, 2.75) is 22.8 Å². The third-order valence-electron chi connectivity index (χ3n) is 3.24. The molecule has 124 valence electrons. The van der Waals surface area contributed by atoms with Crippen molar-refractivity contribution in [3.8, 4) is 0 Å². The molecule has 0 bridgehead atoms. The Morgan fingerprint density at radius 2 is 1.43 bits per heavy atom. The van der Waals surface area contributed by atoms with Crippen molar-refractivity contribution in [1.82, 2.24) is 4.72 Å². The lowest BCUT2D eigenvalue weighted by atomic mass is 10.1. The first-order chi connectivity index (χ1) is 10.6. The Kier molecular flexibility index (Phi) is 4.88. The van der Waals surface area contributed by atoms with E-state index in [4.69, 9.17) is 0 Å². The van der Waals surface area contributed by atoms with Gasteiger partial charge in [0.05, 0.1) is 4.90 Å². The number of halogens is 1. The maximum Gasteiger partial charge on any atom is 0.242 e. The van der Waals surface area contributed by atoms with Crippen molar-refractivity contribution in [3.05, 3.63) is 59.9 Å². The van der Waals surface area contributed by atoms with Crippen molar-refractivity contribution < 1.29 is 21.2 Å². The monoisotopic (exact) mass is 357 g/mol. The van der Waals surface area contributed by atoms with E-state index < -0.39 is 31.7 Å². The lowest BCUT2D eigenvalue weighted by Gasteiger charge is -2.16. The van der Waals surface area contributed by atoms with E-state index in [0.29, 0.717) is 5.56 Å². The molecule has 8 heteroatoms. The molecule has 23 heavy (non-hydrogen) atoms. The zero-order valence-corrected chi connectivity index (χ0v) is 14.2. The predicted octanol–water partition coefficient (Wildman–Crippen LogP) is 2.27. The predicted molar refractivity (Wildman–Crippen MR) is 84.7 cm³/mol. The first kappa shape index (κ1) is 17.6. The zero-order valence-electron chi connectivity index (χ0n) is 12.5. The molecule has 1 atom stereocenters. The number of sulfonamides is 1. The molecule has 0 aliphatic heterocycles. The third kappa shape index (κ3) is 4.15. The third-order valence-corrected chi connectivity index (χ3v) is 6.12. The van der Waals surface area contributed by atoms with Gasteiger partial charge in [0.1, 0.15) is 10.7 Å². The van der Waals surface area contributed by atoms with E-state index in [1.54, 1.807) is 6.92 Å². The van der Waals surface area contributed by atoms with Crippen LogP contribution >= 0.6 is 0 Å². The molecule has 2 aromatic rings. The molecule has 5 nitrogen and oxygen atoms in total. The highest BCUT2D eigenvalue weighted by molar-refractivity contribution is 7.93. The quantitative estimate of drug-likeness (QED) is 0.890. The van der Waals surface area contributed by atoms with E-state index in [1.165, 1.54) is 48.5 Å². The van der Waals surface area contributed by atoms with Gasteiger partial charge in [0.25, 0.3) is 0 Å². The Morgan fingerprint density at radius 3 is 1.96 bits per heavy atom. The van der Waals surface area contributed by atoms with Crippen molar-refractivity contribution in [1.29, 1.82) is 0 Å². The number of benzene rings is 2. The summed E-state index contributed by atoms with van der Waals surface area (Å²) < 4.78 is 63.9. The van der Waals surface area contributed by atoms with Crippen LogP contribution in [0.15, 0.2) is 58.3 Å². The summed E-state index contributed by atoms with van der Waals surface area (Å²) in [6.07, 6.45) is 0.949. The van der Waals surface area contributed by atoms with Gasteiger partial charge in [-0.15, -0.1) is 0 Å². The Hall–Kier alpha value is -1.77. The highest BCUT2D eigenvalue weighted by atomic mass is 32.2. The number of sulfone groups is 1. The standard InChI is InChI=1S/C15H16FNO4S2/c1-11(12-7-9-13(16)10-8-12)17-23(20,21)15-6-4-3-5-14(15)22(2,18)19/h3-11,17H,1-2H3/t11-/m1/s1. The molecule has 2 aromatic carbocycles. The highest BCUT2D eigenvalue weighted by Gasteiger charge is 2.25. The van der Waals surface area contributed by atoms with Gasteiger partial charge in [-0.3, -0.25) is 0 Å². The first-order valence-electron chi connectivity index (χ1n) is 6.68. The normalized spacial score (nSPS) is 13.7. The maximum absolute atomic E-state index is 12.9. The first-order valence-corrected chi connectivity index (χ1v) is 10.1. The summed E-state index contributed by atoms with van der Waals surface area (Å²) >= 11 is 0. The fraction of sp³-hybridized carbons (Fsp3) is 0.200. The molecule has 2 rings (SSSR count). The lowest BCUT2D eigenvalue weighted by Crippen LogP contribution is -2.28. The summed E-state index contributed by atoms with van der Waals surface area (Å²) in [4.78, 5) is -0.574. The van der Waals surface area contributed by atoms with Gasteiger partial charge in [-0.1, -0.05) is 24.3 Å². The molecule has 0 radical (unpaired) electrons. The summed E-state index contributed by atoms with van der Waals surface area (Å²) in [6.45, 7) is 1.59. The molecule has 0 amide bonds. The topological polar surface area (TPSA) is 80.3 Å². The van der Waals surface area contributed by atoms with E-state index in [2.05, 4.69) is 4.72 Å². The minimum Gasteiger partial charge on any atom is -0.224 e. The van der Waals surface area contributed by atoms with Crippen molar-refractivity contribution in [2.75, 3.05) is 6.26 Å². The summed E-state index contributed by atoms with van der Waals surface area (Å²) in [6, 6.07) is 10.1. The van der Waals surface area contributed by atoms with Gasteiger partial charge in [0.2, 0.25) is 10.0 Å². The van der Waals surface area contributed by atoms with Crippen LogP contribution in [-0.4, -0.2) is 23.1 Å². The zero-order chi connectivity index (χ0) is 17.3. The number of hydrogen-bond acceptors (Lipinski definition) is 4. The Bertz CT molecular complexity index is 907. The Morgan fingerprint density at radius 1 is 0.913 bits per heavy atom. The second kappa shape index (κ2) is 6.38. The Labute approximate surface area is 135 Å². The van der Waals surface area contributed by atoms with Gasteiger partial charge in [-0.05, 0) is 36.8 Å². The van der Waals surface area contributed by atoms with Crippen LogP contribution in [-0.2, 0) is 19.9 Å². The smallest absolute Gasteiger partial charge is 0.224 e. The van der Waals surface area contributed by atoms with Gasteiger partial charge in [0, 0.05) is 12.3 Å². The maximum atomic E-state index is 12.9. The summed E-state index contributed by atoms with van der Waals surface area (Å²) in [5.41, 5.74) is 0.562. The Balaban J connectivity index is 2.38. The highest BCUT2D eigenvalue weighted by Crippen LogP contribution is 2.23. The van der Waals surface area contributed by atoms with Crippen LogP contribution in [0.25, 0.3) is 0 Å². The molecule has 0 aliphatic rings.